The molecule has 0 aromatic carbocycles. The van der Waals surface area contributed by atoms with Crippen LogP contribution in [0.4, 0.5) is 0 Å². The SMILES string of the molecule is CN(C)C(=O)COC[C@]12CCCO[C@H]1CCN(Cc1ccncc1)C2. The van der Waals surface area contributed by atoms with E-state index in [4.69, 9.17) is 9.47 Å². The van der Waals surface area contributed by atoms with Crippen molar-refractivity contribution in [2.75, 3.05) is 47.0 Å². The fourth-order valence-electron chi connectivity index (χ4n) is 3.95. The first kappa shape index (κ1) is 18.3. The van der Waals surface area contributed by atoms with Gasteiger partial charge in [0.25, 0.3) is 0 Å². The largest absolute Gasteiger partial charge is 0.377 e. The molecule has 1 amide bonds. The molecule has 25 heavy (non-hydrogen) atoms. The van der Waals surface area contributed by atoms with Crippen molar-refractivity contribution in [3.8, 4) is 0 Å². The standard InChI is InChI=1S/C19H29N3O3/c1-21(2)18(23)13-24-15-19-7-3-11-25-17(19)6-10-22(14-19)12-16-4-8-20-9-5-16/h4-5,8-9,17H,3,6-7,10-15H2,1-2H3/t17-,19+/m0/s1. The summed E-state index contributed by atoms with van der Waals surface area (Å²) in [6.07, 6.45) is 7.11. The van der Waals surface area contributed by atoms with Gasteiger partial charge in [-0.1, -0.05) is 0 Å². The van der Waals surface area contributed by atoms with Crippen LogP contribution in [0, 0.1) is 5.41 Å². The molecule has 0 spiro atoms. The van der Waals surface area contributed by atoms with Crippen molar-refractivity contribution < 1.29 is 14.3 Å². The summed E-state index contributed by atoms with van der Waals surface area (Å²) in [6.45, 7) is 4.48. The molecule has 3 rings (SSSR count). The Bertz CT molecular complexity index is 566. The molecule has 0 aliphatic carbocycles. The fourth-order valence-corrected chi connectivity index (χ4v) is 3.95. The number of likely N-dealkylation sites (tertiary alicyclic amines) is 1. The minimum atomic E-state index is -0.00385. The van der Waals surface area contributed by atoms with Crippen LogP contribution in [-0.2, 0) is 20.8 Å². The van der Waals surface area contributed by atoms with Crippen LogP contribution in [0.25, 0.3) is 0 Å². The van der Waals surface area contributed by atoms with Crippen LogP contribution in [0.1, 0.15) is 24.8 Å². The number of hydrogen-bond acceptors (Lipinski definition) is 5. The molecule has 138 valence electrons. The molecule has 2 atom stereocenters. The van der Waals surface area contributed by atoms with E-state index in [0.29, 0.717) is 6.61 Å². The van der Waals surface area contributed by atoms with Gasteiger partial charge >= 0.3 is 0 Å². The van der Waals surface area contributed by atoms with Crippen LogP contribution in [0.3, 0.4) is 0 Å². The molecule has 2 aliphatic rings. The molecule has 0 saturated carbocycles. The Balaban J connectivity index is 1.63. The molecule has 0 radical (unpaired) electrons. The van der Waals surface area contributed by atoms with Gasteiger partial charge in [-0.05, 0) is 37.0 Å². The Kier molecular flexibility index (Phi) is 6.04. The van der Waals surface area contributed by atoms with E-state index in [1.54, 1.807) is 19.0 Å². The van der Waals surface area contributed by atoms with E-state index in [1.165, 1.54) is 5.56 Å². The van der Waals surface area contributed by atoms with Crippen LogP contribution < -0.4 is 0 Å². The number of carbonyl (C=O) groups excluding carboxylic acids is 1. The van der Waals surface area contributed by atoms with E-state index in [1.807, 2.05) is 12.4 Å². The summed E-state index contributed by atoms with van der Waals surface area (Å²) in [7, 11) is 3.52. The van der Waals surface area contributed by atoms with Crippen LogP contribution in [-0.4, -0.2) is 73.8 Å². The zero-order chi connectivity index (χ0) is 17.7. The lowest BCUT2D eigenvalue weighted by atomic mass is 9.73. The van der Waals surface area contributed by atoms with Gasteiger partial charge in [-0.2, -0.15) is 0 Å². The van der Waals surface area contributed by atoms with Gasteiger partial charge in [0, 0.05) is 58.1 Å². The average molecular weight is 347 g/mol. The fraction of sp³-hybridized carbons (Fsp3) is 0.684. The molecule has 2 fully saturated rings. The topological polar surface area (TPSA) is 54.9 Å². The highest BCUT2D eigenvalue weighted by Gasteiger charge is 2.46. The van der Waals surface area contributed by atoms with Crippen molar-refractivity contribution in [1.82, 2.24) is 14.8 Å². The number of rotatable bonds is 6. The minimum absolute atomic E-state index is 0.00385. The summed E-state index contributed by atoms with van der Waals surface area (Å²) in [6, 6.07) is 4.14. The average Bonchev–Trinajstić information content (AvgIpc) is 2.62. The summed E-state index contributed by atoms with van der Waals surface area (Å²) < 4.78 is 11.9. The highest BCUT2D eigenvalue weighted by atomic mass is 16.5. The number of amides is 1. The second kappa shape index (κ2) is 8.25. The van der Waals surface area contributed by atoms with E-state index in [-0.39, 0.29) is 24.0 Å². The van der Waals surface area contributed by atoms with Gasteiger partial charge in [-0.25, -0.2) is 0 Å². The normalized spacial score (nSPS) is 26.9. The van der Waals surface area contributed by atoms with Crippen molar-refractivity contribution in [2.45, 2.75) is 31.9 Å². The van der Waals surface area contributed by atoms with Gasteiger partial charge in [0.15, 0.2) is 0 Å². The van der Waals surface area contributed by atoms with Crippen molar-refractivity contribution >= 4 is 5.91 Å². The molecule has 2 aliphatic heterocycles. The third-order valence-corrected chi connectivity index (χ3v) is 5.34. The van der Waals surface area contributed by atoms with Gasteiger partial charge in [0.2, 0.25) is 5.91 Å². The molecule has 0 bridgehead atoms. The predicted molar refractivity (Wildman–Crippen MR) is 95.1 cm³/mol. The smallest absolute Gasteiger partial charge is 0.248 e. The summed E-state index contributed by atoms with van der Waals surface area (Å²) in [5, 5.41) is 0. The molecule has 2 saturated heterocycles. The lowest BCUT2D eigenvalue weighted by molar-refractivity contribution is -0.160. The Hall–Kier alpha value is -1.50. The predicted octanol–water partition coefficient (Wildman–Crippen LogP) is 1.56. The summed E-state index contributed by atoms with van der Waals surface area (Å²) in [5.41, 5.74) is 1.28. The second-order valence-electron chi connectivity index (χ2n) is 7.46. The van der Waals surface area contributed by atoms with Crippen molar-refractivity contribution in [2.24, 2.45) is 5.41 Å². The highest BCUT2D eigenvalue weighted by molar-refractivity contribution is 5.76. The monoisotopic (exact) mass is 347 g/mol. The molecule has 1 aromatic rings. The van der Waals surface area contributed by atoms with Crippen LogP contribution in [0.15, 0.2) is 24.5 Å². The van der Waals surface area contributed by atoms with Crippen molar-refractivity contribution in [1.29, 1.82) is 0 Å². The van der Waals surface area contributed by atoms with E-state index in [9.17, 15) is 4.79 Å². The molecular weight excluding hydrogens is 318 g/mol. The molecule has 6 heteroatoms. The number of ether oxygens (including phenoxy) is 2. The molecule has 1 aromatic heterocycles. The summed E-state index contributed by atoms with van der Waals surface area (Å²) in [5.74, 6) is 0.00845. The number of nitrogens with zero attached hydrogens (tertiary/aromatic N) is 3. The van der Waals surface area contributed by atoms with Gasteiger partial charge in [-0.3, -0.25) is 14.7 Å². The van der Waals surface area contributed by atoms with Crippen LogP contribution in [0.2, 0.25) is 0 Å². The maximum Gasteiger partial charge on any atom is 0.248 e. The Labute approximate surface area is 150 Å². The molecule has 6 nitrogen and oxygen atoms in total. The first-order chi connectivity index (χ1) is 12.1. The molecular formula is C19H29N3O3. The van der Waals surface area contributed by atoms with Crippen molar-refractivity contribution in [3.63, 3.8) is 0 Å². The van der Waals surface area contributed by atoms with Crippen LogP contribution in [0.5, 0.6) is 0 Å². The van der Waals surface area contributed by atoms with E-state index < -0.39 is 0 Å². The van der Waals surface area contributed by atoms with E-state index in [0.717, 1.165) is 45.5 Å². The lowest BCUT2D eigenvalue weighted by Crippen LogP contribution is -2.56. The number of piperidine rings is 1. The summed E-state index contributed by atoms with van der Waals surface area (Å²) in [4.78, 5) is 20.0. The van der Waals surface area contributed by atoms with Gasteiger partial charge in [0.05, 0.1) is 12.7 Å². The number of carbonyl (C=O) groups is 1. The Morgan fingerprint density at radius 3 is 3.00 bits per heavy atom. The first-order valence-electron chi connectivity index (χ1n) is 9.10. The maximum atomic E-state index is 11.8. The van der Waals surface area contributed by atoms with Gasteiger partial charge in [-0.15, -0.1) is 0 Å². The van der Waals surface area contributed by atoms with Gasteiger partial charge in [0.1, 0.15) is 6.61 Å². The molecule has 0 unspecified atom stereocenters. The summed E-state index contributed by atoms with van der Waals surface area (Å²) >= 11 is 0. The third-order valence-electron chi connectivity index (χ3n) is 5.34. The quantitative estimate of drug-likeness (QED) is 0.782. The van der Waals surface area contributed by atoms with Crippen molar-refractivity contribution in [3.05, 3.63) is 30.1 Å². The lowest BCUT2D eigenvalue weighted by Gasteiger charge is -2.50. The molecule has 3 heterocycles. The second-order valence-corrected chi connectivity index (χ2v) is 7.46. The number of hydrogen-bond donors (Lipinski definition) is 0. The Morgan fingerprint density at radius 1 is 1.44 bits per heavy atom. The Morgan fingerprint density at radius 2 is 2.24 bits per heavy atom. The van der Waals surface area contributed by atoms with E-state index in [2.05, 4.69) is 22.0 Å². The maximum absolute atomic E-state index is 11.8. The number of aromatic nitrogens is 1. The highest BCUT2D eigenvalue weighted by Crippen LogP contribution is 2.40. The number of likely N-dealkylation sites (N-methyl/N-ethyl adjacent to an activating group) is 1. The minimum Gasteiger partial charge on any atom is -0.377 e. The zero-order valence-corrected chi connectivity index (χ0v) is 15.3. The van der Waals surface area contributed by atoms with Crippen LogP contribution >= 0.6 is 0 Å². The zero-order valence-electron chi connectivity index (χ0n) is 15.3. The number of fused-ring (bicyclic) bond motifs is 1. The number of pyridine rings is 1. The molecule has 0 N–H and O–H groups in total. The van der Waals surface area contributed by atoms with Gasteiger partial charge < -0.3 is 14.4 Å². The first-order valence-corrected chi connectivity index (χ1v) is 9.10. The van der Waals surface area contributed by atoms with E-state index >= 15 is 0 Å². The third kappa shape index (κ3) is 4.57.